The van der Waals surface area contributed by atoms with Crippen LogP contribution < -0.4 is 5.32 Å². The van der Waals surface area contributed by atoms with Crippen molar-refractivity contribution in [3.05, 3.63) is 47.3 Å². The molecule has 3 rings (SSSR count). The van der Waals surface area contributed by atoms with Gasteiger partial charge in [-0.3, -0.25) is 0 Å². The molecule has 0 saturated carbocycles. The summed E-state index contributed by atoms with van der Waals surface area (Å²) >= 11 is 0. The first kappa shape index (κ1) is 25.5. The first-order valence-corrected chi connectivity index (χ1v) is 10.3. The van der Waals surface area contributed by atoms with Crippen LogP contribution in [0, 0.1) is 12.7 Å². The van der Waals surface area contributed by atoms with E-state index >= 15 is 0 Å². The molecule has 172 valence electrons. The molecule has 2 aromatic rings. The highest BCUT2D eigenvalue weighted by atomic mass is 127. The number of benzene rings is 1. The van der Waals surface area contributed by atoms with E-state index in [1.165, 1.54) is 12.1 Å². The van der Waals surface area contributed by atoms with E-state index in [0.29, 0.717) is 26.2 Å². The van der Waals surface area contributed by atoms with Gasteiger partial charge in [-0.25, -0.2) is 9.38 Å². The van der Waals surface area contributed by atoms with Gasteiger partial charge in [0.25, 0.3) is 0 Å². The van der Waals surface area contributed by atoms with Gasteiger partial charge in [0.05, 0.1) is 12.6 Å². The fraction of sp³-hybridized carbons (Fsp3) is 0.571. The predicted octanol–water partition coefficient (Wildman–Crippen LogP) is 2.82. The second kappa shape index (κ2) is 12.3. The summed E-state index contributed by atoms with van der Waals surface area (Å²) in [5.74, 6) is 2.21. The molecule has 10 heteroatoms. The summed E-state index contributed by atoms with van der Waals surface area (Å²) in [6.07, 6.45) is 0.731. The first-order valence-electron chi connectivity index (χ1n) is 10.3. The summed E-state index contributed by atoms with van der Waals surface area (Å²) in [4.78, 5) is 7.01. The molecule has 2 unspecified atom stereocenters. The standard InChI is InChI=1S/C21H31FN6O2.HI/c1-15-13-28(14-19(30-15)17-6-8-18(22)9-7-17)21(23-10-5-11-29-4)24-12-20-26-25-16(2)27(20)3;/h6-9,15,19H,5,10-14H2,1-4H3,(H,23,24);1H. The summed E-state index contributed by atoms with van der Waals surface area (Å²) in [6, 6.07) is 6.50. The van der Waals surface area contributed by atoms with E-state index in [-0.39, 0.29) is 42.0 Å². The number of hydrogen-bond donors (Lipinski definition) is 1. The van der Waals surface area contributed by atoms with E-state index in [4.69, 9.17) is 14.5 Å². The van der Waals surface area contributed by atoms with E-state index in [2.05, 4.69) is 20.4 Å². The third-order valence-corrected chi connectivity index (χ3v) is 5.16. The summed E-state index contributed by atoms with van der Waals surface area (Å²) in [6.45, 7) is 7.16. The number of morpholine rings is 1. The monoisotopic (exact) mass is 546 g/mol. The lowest BCUT2D eigenvalue weighted by Gasteiger charge is -2.38. The molecule has 1 N–H and O–H groups in total. The number of guanidine groups is 1. The van der Waals surface area contributed by atoms with Gasteiger partial charge < -0.3 is 24.3 Å². The Balaban J connectivity index is 0.00000341. The van der Waals surface area contributed by atoms with E-state index in [1.54, 1.807) is 19.2 Å². The normalized spacial score (nSPS) is 19.3. The Morgan fingerprint density at radius 2 is 2.03 bits per heavy atom. The van der Waals surface area contributed by atoms with E-state index < -0.39 is 0 Å². The molecule has 8 nitrogen and oxygen atoms in total. The zero-order valence-corrected chi connectivity index (χ0v) is 20.9. The zero-order valence-electron chi connectivity index (χ0n) is 18.5. The van der Waals surface area contributed by atoms with Crippen LogP contribution in [0.1, 0.15) is 36.7 Å². The van der Waals surface area contributed by atoms with Crippen molar-refractivity contribution in [1.29, 1.82) is 0 Å². The summed E-state index contributed by atoms with van der Waals surface area (Å²) in [5, 5.41) is 11.8. The first-order chi connectivity index (χ1) is 14.5. The molecule has 0 spiro atoms. The smallest absolute Gasteiger partial charge is 0.194 e. The van der Waals surface area contributed by atoms with Gasteiger partial charge in [-0.1, -0.05) is 12.1 Å². The number of aromatic nitrogens is 3. The predicted molar refractivity (Wildman–Crippen MR) is 128 cm³/mol. The second-order valence-electron chi connectivity index (χ2n) is 7.53. The number of aryl methyl sites for hydroxylation is 1. The van der Waals surface area contributed by atoms with Crippen LogP contribution in [0.3, 0.4) is 0 Å². The number of rotatable bonds is 7. The van der Waals surface area contributed by atoms with Crippen molar-refractivity contribution in [3.8, 4) is 0 Å². The number of ether oxygens (including phenoxy) is 2. The maximum atomic E-state index is 13.3. The fourth-order valence-corrected chi connectivity index (χ4v) is 3.40. The van der Waals surface area contributed by atoms with Crippen molar-refractivity contribution in [2.24, 2.45) is 12.0 Å². The van der Waals surface area contributed by atoms with Crippen LogP contribution in [0.5, 0.6) is 0 Å². The number of methoxy groups -OCH3 is 1. The zero-order chi connectivity index (χ0) is 21.5. The minimum absolute atomic E-state index is 0. The highest BCUT2D eigenvalue weighted by Crippen LogP contribution is 2.25. The van der Waals surface area contributed by atoms with Crippen molar-refractivity contribution >= 4 is 29.9 Å². The molecular weight excluding hydrogens is 514 g/mol. The highest BCUT2D eigenvalue weighted by molar-refractivity contribution is 14.0. The van der Waals surface area contributed by atoms with Crippen LogP contribution in [-0.2, 0) is 23.1 Å². The molecule has 0 aliphatic carbocycles. The molecule has 1 fully saturated rings. The molecule has 0 amide bonds. The van der Waals surface area contributed by atoms with Gasteiger partial charge in [0, 0.05) is 33.9 Å². The molecule has 1 aromatic carbocycles. The van der Waals surface area contributed by atoms with Crippen molar-refractivity contribution in [2.75, 3.05) is 33.4 Å². The van der Waals surface area contributed by atoms with Crippen LogP contribution in [0.4, 0.5) is 4.39 Å². The Morgan fingerprint density at radius 1 is 1.29 bits per heavy atom. The average molecular weight is 546 g/mol. The Bertz CT molecular complexity index is 845. The van der Waals surface area contributed by atoms with Gasteiger partial charge in [-0.05, 0) is 38.0 Å². The molecule has 31 heavy (non-hydrogen) atoms. The summed E-state index contributed by atoms with van der Waals surface area (Å²) in [7, 11) is 3.63. The Hall–Kier alpha value is -1.79. The lowest BCUT2D eigenvalue weighted by Crippen LogP contribution is -2.51. The maximum Gasteiger partial charge on any atom is 0.194 e. The van der Waals surface area contributed by atoms with E-state index in [0.717, 1.165) is 36.1 Å². The van der Waals surface area contributed by atoms with Crippen molar-refractivity contribution in [2.45, 2.75) is 39.0 Å². The molecule has 2 heterocycles. The van der Waals surface area contributed by atoms with Crippen molar-refractivity contribution in [3.63, 3.8) is 0 Å². The average Bonchev–Trinajstić information content (AvgIpc) is 3.05. The number of nitrogens with zero attached hydrogens (tertiary/aromatic N) is 5. The lowest BCUT2D eigenvalue weighted by molar-refractivity contribution is -0.0605. The van der Waals surface area contributed by atoms with Gasteiger partial charge in [0.15, 0.2) is 11.8 Å². The summed E-state index contributed by atoms with van der Waals surface area (Å²) < 4.78 is 26.6. The molecule has 2 atom stereocenters. The number of aliphatic imine (C=N–C) groups is 1. The van der Waals surface area contributed by atoms with E-state index in [1.807, 2.05) is 25.5 Å². The van der Waals surface area contributed by atoms with Gasteiger partial charge in [-0.15, -0.1) is 34.2 Å². The third kappa shape index (κ3) is 7.11. The Kier molecular flexibility index (Phi) is 10.1. The molecular formula is C21H32FIN6O2. The largest absolute Gasteiger partial charge is 0.385 e. The Labute approximate surface area is 200 Å². The Morgan fingerprint density at radius 3 is 2.68 bits per heavy atom. The topological polar surface area (TPSA) is 76.8 Å². The minimum Gasteiger partial charge on any atom is -0.385 e. The molecule has 0 bridgehead atoms. The lowest BCUT2D eigenvalue weighted by atomic mass is 10.1. The van der Waals surface area contributed by atoms with Crippen molar-refractivity contribution < 1.29 is 13.9 Å². The molecule has 1 aliphatic heterocycles. The second-order valence-corrected chi connectivity index (χ2v) is 7.53. The quantitative estimate of drug-likeness (QED) is 0.249. The van der Waals surface area contributed by atoms with Gasteiger partial charge in [0.2, 0.25) is 0 Å². The van der Waals surface area contributed by atoms with Crippen LogP contribution in [0.25, 0.3) is 0 Å². The van der Waals surface area contributed by atoms with E-state index in [9.17, 15) is 4.39 Å². The van der Waals surface area contributed by atoms with Gasteiger partial charge >= 0.3 is 0 Å². The number of halogens is 2. The van der Waals surface area contributed by atoms with Crippen LogP contribution in [0.2, 0.25) is 0 Å². The number of hydrogen-bond acceptors (Lipinski definition) is 5. The fourth-order valence-electron chi connectivity index (χ4n) is 3.40. The number of nitrogens with one attached hydrogen (secondary N) is 1. The minimum atomic E-state index is -0.250. The van der Waals surface area contributed by atoms with Crippen molar-refractivity contribution in [1.82, 2.24) is 25.0 Å². The SMILES string of the molecule is COCCCNC(=NCc1nnc(C)n1C)N1CC(C)OC(c2ccc(F)cc2)C1.I. The van der Waals surface area contributed by atoms with Gasteiger partial charge in [0.1, 0.15) is 24.3 Å². The maximum absolute atomic E-state index is 13.3. The third-order valence-electron chi connectivity index (χ3n) is 5.16. The van der Waals surface area contributed by atoms with Crippen LogP contribution in [-0.4, -0.2) is 65.1 Å². The highest BCUT2D eigenvalue weighted by Gasteiger charge is 2.28. The van der Waals surface area contributed by atoms with Gasteiger partial charge in [-0.2, -0.15) is 0 Å². The molecule has 1 saturated heterocycles. The van der Waals surface area contributed by atoms with Crippen LogP contribution >= 0.6 is 24.0 Å². The molecule has 1 aliphatic rings. The van der Waals surface area contributed by atoms with Crippen LogP contribution in [0.15, 0.2) is 29.3 Å². The summed E-state index contributed by atoms with van der Waals surface area (Å²) in [5.41, 5.74) is 0.954. The molecule has 1 aromatic heterocycles. The molecule has 0 radical (unpaired) electrons.